The number of nitrogens with zero attached hydrogens (tertiary/aromatic N) is 2. The van der Waals surface area contributed by atoms with Crippen molar-refractivity contribution in [3.63, 3.8) is 0 Å². The van der Waals surface area contributed by atoms with E-state index in [0.29, 0.717) is 0 Å². The van der Waals surface area contributed by atoms with Gasteiger partial charge in [0, 0.05) is 6.54 Å². The Hall–Kier alpha value is -1.02. The average molecular weight is 209 g/mol. The predicted molar refractivity (Wildman–Crippen MR) is 59.9 cm³/mol. The van der Waals surface area contributed by atoms with Crippen molar-refractivity contribution in [2.24, 2.45) is 0 Å². The molecule has 2 rings (SSSR count). The highest BCUT2D eigenvalue weighted by Gasteiger charge is 2.09. The third-order valence-electron chi connectivity index (χ3n) is 2.56. The highest BCUT2D eigenvalue weighted by Crippen LogP contribution is 2.26. The summed E-state index contributed by atoms with van der Waals surface area (Å²) in [7, 11) is 0. The number of benzene rings is 1. The van der Waals surface area contributed by atoms with Crippen LogP contribution in [-0.2, 0) is 6.54 Å². The SMILES string of the molecule is CCn1c(C)nc2c(Cl)c(C)ccc21. The van der Waals surface area contributed by atoms with Crippen LogP contribution < -0.4 is 0 Å². The Kier molecular flexibility index (Phi) is 2.23. The Labute approximate surface area is 88.5 Å². The number of imidazole rings is 1. The fraction of sp³-hybridized carbons (Fsp3) is 0.364. The number of hydrogen-bond acceptors (Lipinski definition) is 1. The summed E-state index contributed by atoms with van der Waals surface area (Å²) in [5.74, 6) is 1.02. The topological polar surface area (TPSA) is 17.8 Å². The van der Waals surface area contributed by atoms with Gasteiger partial charge < -0.3 is 4.57 Å². The number of fused-ring (bicyclic) bond motifs is 1. The lowest BCUT2D eigenvalue weighted by Crippen LogP contribution is -1.95. The molecule has 0 aliphatic rings. The maximum atomic E-state index is 6.19. The lowest BCUT2D eigenvalue weighted by Gasteiger charge is -2.02. The lowest BCUT2D eigenvalue weighted by atomic mass is 10.2. The van der Waals surface area contributed by atoms with Gasteiger partial charge in [-0.05, 0) is 32.4 Å². The van der Waals surface area contributed by atoms with Crippen molar-refractivity contribution >= 4 is 22.6 Å². The molecule has 0 aliphatic carbocycles. The molecule has 0 spiro atoms. The zero-order valence-corrected chi connectivity index (χ0v) is 9.39. The van der Waals surface area contributed by atoms with E-state index in [1.165, 1.54) is 0 Å². The largest absolute Gasteiger partial charge is 0.328 e. The number of rotatable bonds is 1. The molecule has 14 heavy (non-hydrogen) atoms. The van der Waals surface area contributed by atoms with E-state index in [1.807, 2.05) is 19.9 Å². The third kappa shape index (κ3) is 1.22. The average Bonchev–Trinajstić information content (AvgIpc) is 2.49. The van der Waals surface area contributed by atoms with Crippen LogP contribution in [0.4, 0.5) is 0 Å². The van der Waals surface area contributed by atoms with Crippen molar-refractivity contribution < 1.29 is 0 Å². The first-order valence-corrected chi connectivity index (χ1v) is 5.15. The molecular formula is C11H13ClN2. The molecule has 0 saturated carbocycles. The first-order chi connectivity index (χ1) is 6.65. The van der Waals surface area contributed by atoms with Crippen LogP contribution in [0.5, 0.6) is 0 Å². The second-order valence-corrected chi connectivity index (χ2v) is 3.85. The van der Waals surface area contributed by atoms with Crippen LogP contribution in [0.2, 0.25) is 5.02 Å². The van der Waals surface area contributed by atoms with Crippen LogP contribution in [0.3, 0.4) is 0 Å². The molecule has 0 atom stereocenters. The molecule has 0 amide bonds. The van der Waals surface area contributed by atoms with Gasteiger partial charge in [0.2, 0.25) is 0 Å². The Bertz CT molecular complexity index is 485. The van der Waals surface area contributed by atoms with Crippen molar-refractivity contribution in [1.29, 1.82) is 0 Å². The summed E-state index contributed by atoms with van der Waals surface area (Å²) in [4.78, 5) is 4.48. The molecule has 0 unspecified atom stereocenters. The molecule has 0 bridgehead atoms. The molecule has 0 N–H and O–H groups in total. The zero-order valence-electron chi connectivity index (χ0n) is 8.63. The van der Waals surface area contributed by atoms with E-state index in [4.69, 9.17) is 11.6 Å². The number of halogens is 1. The van der Waals surface area contributed by atoms with Crippen LogP contribution in [0.15, 0.2) is 12.1 Å². The monoisotopic (exact) mass is 208 g/mol. The van der Waals surface area contributed by atoms with Crippen LogP contribution in [0.25, 0.3) is 11.0 Å². The van der Waals surface area contributed by atoms with Gasteiger partial charge in [-0.3, -0.25) is 0 Å². The van der Waals surface area contributed by atoms with Crippen molar-refractivity contribution in [1.82, 2.24) is 9.55 Å². The highest BCUT2D eigenvalue weighted by molar-refractivity contribution is 6.35. The molecule has 74 valence electrons. The molecule has 1 aromatic heterocycles. The van der Waals surface area contributed by atoms with Gasteiger partial charge >= 0.3 is 0 Å². The second kappa shape index (κ2) is 3.28. The fourth-order valence-electron chi connectivity index (χ4n) is 1.78. The van der Waals surface area contributed by atoms with Crippen LogP contribution in [0, 0.1) is 13.8 Å². The van der Waals surface area contributed by atoms with E-state index >= 15 is 0 Å². The Morgan fingerprint density at radius 2 is 2.07 bits per heavy atom. The minimum absolute atomic E-state index is 0.776. The smallest absolute Gasteiger partial charge is 0.108 e. The Morgan fingerprint density at radius 1 is 1.36 bits per heavy atom. The van der Waals surface area contributed by atoms with Gasteiger partial charge in [-0.25, -0.2) is 4.98 Å². The standard InChI is InChI=1S/C11H13ClN2/c1-4-14-8(3)13-11-9(14)6-5-7(2)10(11)12/h5-6H,4H2,1-3H3. The van der Waals surface area contributed by atoms with Crippen LogP contribution >= 0.6 is 11.6 Å². The van der Waals surface area contributed by atoms with Gasteiger partial charge in [-0.15, -0.1) is 0 Å². The minimum atomic E-state index is 0.776. The van der Waals surface area contributed by atoms with E-state index in [2.05, 4.69) is 22.5 Å². The quantitative estimate of drug-likeness (QED) is 0.703. The Morgan fingerprint density at radius 3 is 2.71 bits per heavy atom. The zero-order chi connectivity index (χ0) is 10.3. The second-order valence-electron chi connectivity index (χ2n) is 3.47. The Balaban J connectivity index is 2.87. The molecule has 0 saturated heterocycles. The van der Waals surface area contributed by atoms with Gasteiger partial charge in [0.15, 0.2) is 0 Å². The molecule has 3 heteroatoms. The molecule has 0 fully saturated rings. The van der Waals surface area contributed by atoms with Crippen LogP contribution in [0.1, 0.15) is 18.3 Å². The molecule has 1 aromatic carbocycles. The minimum Gasteiger partial charge on any atom is -0.328 e. The van der Waals surface area contributed by atoms with Crippen molar-refractivity contribution in [2.45, 2.75) is 27.3 Å². The van der Waals surface area contributed by atoms with Gasteiger partial charge in [0.05, 0.1) is 10.5 Å². The number of aromatic nitrogens is 2. The van der Waals surface area contributed by atoms with Gasteiger partial charge in [-0.1, -0.05) is 17.7 Å². The maximum Gasteiger partial charge on any atom is 0.108 e. The van der Waals surface area contributed by atoms with E-state index < -0.39 is 0 Å². The summed E-state index contributed by atoms with van der Waals surface area (Å²) in [6, 6.07) is 4.12. The lowest BCUT2D eigenvalue weighted by molar-refractivity contribution is 0.753. The first kappa shape index (κ1) is 9.53. The third-order valence-corrected chi connectivity index (χ3v) is 3.04. The van der Waals surface area contributed by atoms with Crippen molar-refractivity contribution in [3.8, 4) is 0 Å². The molecule has 0 aliphatic heterocycles. The van der Waals surface area contributed by atoms with Gasteiger partial charge in [0.25, 0.3) is 0 Å². The van der Waals surface area contributed by atoms with E-state index in [0.717, 1.165) is 34.0 Å². The van der Waals surface area contributed by atoms with E-state index in [1.54, 1.807) is 0 Å². The summed E-state index contributed by atoms with van der Waals surface area (Å²) >= 11 is 6.19. The van der Waals surface area contributed by atoms with Gasteiger partial charge in [-0.2, -0.15) is 0 Å². The summed E-state index contributed by atoms with van der Waals surface area (Å²) < 4.78 is 2.17. The van der Waals surface area contributed by atoms with Crippen molar-refractivity contribution in [2.75, 3.05) is 0 Å². The summed E-state index contributed by atoms with van der Waals surface area (Å²) in [6.45, 7) is 7.06. The van der Waals surface area contributed by atoms with E-state index in [-0.39, 0.29) is 0 Å². The number of aryl methyl sites for hydroxylation is 3. The molecular weight excluding hydrogens is 196 g/mol. The summed E-state index contributed by atoms with van der Waals surface area (Å²) in [5, 5.41) is 0.776. The van der Waals surface area contributed by atoms with Crippen molar-refractivity contribution in [3.05, 3.63) is 28.5 Å². The maximum absolute atomic E-state index is 6.19. The highest BCUT2D eigenvalue weighted by atomic mass is 35.5. The fourth-order valence-corrected chi connectivity index (χ4v) is 1.98. The molecule has 2 aromatic rings. The van der Waals surface area contributed by atoms with Crippen LogP contribution in [-0.4, -0.2) is 9.55 Å². The number of hydrogen-bond donors (Lipinski definition) is 0. The molecule has 1 heterocycles. The molecule has 0 radical (unpaired) electrons. The predicted octanol–water partition coefficient (Wildman–Crippen LogP) is 3.33. The first-order valence-electron chi connectivity index (χ1n) is 4.77. The van der Waals surface area contributed by atoms with E-state index in [9.17, 15) is 0 Å². The summed E-state index contributed by atoms with van der Waals surface area (Å²) in [6.07, 6.45) is 0. The summed E-state index contributed by atoms with van der Waals surface area (Å²) in [5.41, 5.74) is 3.13. The normalized spacial score (nSPS) is 11.1. The van der Waals surface area contributed by atoms with Gasteiger partial charge in [0.1, 0.15) is 11.3 Å². The molecule has 2 nitrogen and oxygen atoms in total.